The molecule has 0 bridgehead atoms. The van der Waals surface area contributed by atoms with E-state index in [4.69, 9.17) is 0 Å². The molecule has 0 aromatic carbocycles. The van der Waals surface area contributed by atoms with Crippen molar-refractivity contribution in [1.29, 1.82) is 0 Å². The zero-order chi connectivity index (χ0) is 10.9. The maximum Gasteiger partial charge on any atom is 0.140 e. The molecule has 0 amide bonds. The van der Waals surface area contributed by atoms with Crippen LogP contribution >= 0.6 is 15.9 Å². The van der Waals surface area contributed by atoms with Crippen LogP contribution in [-0.4, -0.2) is 11.5 Å². The van der Waals surface area contributed by atoms with Crippen LogP contribution in [-0.2, 0) is 0 Å². The molecule has 2 nitrogen and oxygen atoms in total. The lowest BCUT2D eigenvalue weighted by atomic mass is 10.0. The number of anilines is 1. The molecule has 1 aliphatic carbocycles. The van der Waals surface area contributed by atoms with Crippen LogP contribution in [0.1, 0.15) is 31.7 Å². The van der Waals surface area contributed by atoms with E-state index in [2.05, 4.69) is 46.1 Å². The summed E-state index contributed by atoms with van der Waals surface area (Å²) in [5, 5.41) is 3.44. The van der Waals surface area contributed by atoms with Gasteiger partial charge in [-0.2, -0.15) is 0 Å². The maximum absolute atomic E-state index is 4.38. The molecular weight excluding hydrogens is 252 g/mol. The van der Waals surface area contributed by atoms with Crippen molar-refractivity contribution in [2.45, 2.75) is 33.1 Å². The fraction of sp³-hybridized carbons (Fsp3) is 0.583. The first-order chi connectivity index (χ1) is 7.15. The summed E-state index contributed by atoms with van der Waals surface area (Å²) < 4.78 is 1.06. The standard InChI is InChI=1S/C12H17BrN2/c1-3-12(4-5-12)8-15-11-10(13)6-9(2)7-14-11/h6-7H,3-5,8H2,1-2H3,(H,14,15). The largest absolute Gasteiger partial charge is 0.369 e. The smallest absolute Gasteiger partial charge is 0.140 e. The number of halogens is 1. The van der Waals surface area contributed by atoms with Crippen molar-refractivity contribution in [1.82, 2.24) is 4.98 Å². The topological polar surface area (TPSA) is 24.9 Å². The van der Waals surface area contributed by atoms with Crippen molar-refractivity contribution in [2.24, 2.45) is 5.41 Å². The fourth-order valence-corrected chi connectivity index (χ4v) is 2.37. The third kappa shape index (κ3) is 2.51. The summed E-state index contributed by atoms with van der Waals surface area (Å²) in [4.78, 5) is 4.38. The molecule has 0 atom stereocenters. The second-order valence-corrected chi connectivity index (χ2v) is 5.40. The molecule has 1 aliphatic rings. The van der Waals surface area contributed by atoms with E-state index in [9.17, 15) is 0 Å². The maximum atomic E-state index is 4.38. The molecule has 1 fully saturated rings. The average Bonchev–Trinajstić information content (AvgIpc) is 2.97. The van der Waals surface area contributed by atoms with Gasteiger partial charge >= 0.3 is 0 Å². The van der Waals surface area contributed by atoms with Crippen LogP contribution in [0.2, 0.25) is 0 Å². The Labute approximate surface area is 99.6 Å². The first kappa shape index (κ1) is 10.9. The molecule has 1 N–H and O–H groups in total. The average molecular weight is 269 g/mol. The Morgan fingerprint density at radius 2 is 2.27 bits per heavy atom. The lowest BCUT2D eigenvalue weighted by Gasteiger charge is -2.14. The van der Waals surface area contributed by atoms with Gasteiger partial charge in [0.15, 0.2) is 0 Å². The van der Waals surface area contributed by atoms with Gasteiger partial charge < -0.3 is 5.32 Å². The lowest BCUT2D eigenvalue weighted by Crippen LogP contribution is -2.15. The Kier molecular flexibility index (Phi) is 3.01. The summed E-state index contributed by atoms with van der Waals surface area (Å²) in [7, 11) is 0. The van der Waals surface area contributed by atoms with E-state index >= 15 is 0 Å². The molecule has 1 saturated carbocycles. The number of aromatic nitrogens is 1. The van der Waals surface area contributed by atoms with E-state index in [1.165, 1.54) is 24.8 Å². The lowest BCUT2D eigenvalue weighted by molar-refractivity contribution is 0.520. The summed E-state index contributed by atoms with van der Waals surface area (Å²) in [6, 6.07) is 2.10. The Hall–Kier alpha value is -0.570. The van der Waals surface area contributed by atoms with Crippen LogP contribution in [0.3, 0.4) is 0 Å². The van der Waals surface area contributed by atoms with Crippen molar-refractivity contribution in [3.63, 3.8) is 0 Å². The molecule has 0 spiro atoms. The Morgan fingerprint density at radius 3 is 2.80 bits per heavy atom. The highest BCUT2D eigenvalue weighted by molar-refractivity contribution is 9.10. The van der Waals surface area contributed by atoms with Crippen LogP contribution in [0.5, 0.6) is 0 Å². The van der Waals surface area contributed by atoms with Gasteiger partial charge in [0.2, 0.25) is 0 Å². The Morgan fingerprint density at radius 1 is 1.53 bits per heavy atom. The summed E-state index contributed by atoms with van der Waals surface area (Å²) in [5.74, 6) is 0.973. The van der Waals surface area contributed by atoms with E-state index in [-0.39, 0.29) is 0 Å². The van der Waals surface area contributed by atoms with Crippen LogP contribution in [0.25, 0.3) is 0 Å². The van der Waals surface area contributed by atoms with E-state index in [1.54, 1.807) is 0 Å². The quantitative estimate of drug-likeness (QED) is 0.900. The molecule has 1 heterocycles. The van der Waals surface area contributed by atoms with E-state index < -0.39 is 0 Å². The highest BCUT2D eigenvalue weighted by Crippen LogP contribution is 2.48. The molecule has 0 aliphatic heterocycles. The minimum Gasteiger partial charge on any atom is -0.369 e. The van der Waals surface area contributed by atoms with Crippen LogP contribution in [0.15, 0.2) is 16.7 Å². The van der Waals surface area contributed by atoms with Crippen molar-refractivity contribution in [3.05, 3.63) is 22.3 Å². The van der Waals surface area contributed by atoms with Gasteiger partial charge in [-0.25, -0.2) is 4.98 Å². The number of nitrogens with one attached hydrogen (secondary N) is 1. The SMILES string of the molecule is CCC1(CNc2ncc(C)cc2Br)CC1. The molecular formula is C12H17BrN2. The van der Waals surface area contributed by atoms with Gasteiger partial charge in [-0.05, 0) is 59.2 Å². The van der Waals surface area contributed by atoms with Crippen molar-refractivity contribution < 1.29 is 0 Å². The predicted molar refractivity (Wildman–Crippen MR) is 67.1 cm³/mol. The first-order valence-corrected chi connectivity index (χ1v) is 6.30. The highest BCUT2D eigenvalue weighted by atomic mass is 79.9. The number of hydrogen-bond acceptors (Lipinski definition) is 2. The third-order valence-electron chi connectivity index (χ3n) is 3.32. The number of pyridine rings is 1. The van der Waals surface area contributed by atoms with E-state index in [0.717, 1.165) is 16.8 Å². The summed E-state index contributed by atoms with van der Waals surface area (Å²) in [6.45, 7) is 5.38. The molecule has 82 valence electrons. The van der Waals surface area contributed by atoms with E-state index in [1.807, 2.05) is 6.20 Å². The predicted octanol–water partition coefficient (Wildman–Crippen LogP) is 3.75. The second-order valence-electron chi connectivity index (χ2n) is 4.55. The molecule has 0 unspecified atom stereocenters. The van der Waals surface area contributed by atoms with Crippen LogP contribution < -0.4 is 5.32 Å². The molecule has 3 heteroatoms. The van der Waals surface area contributed by atoms with Gasteiger partial charge in [-0.1, -0.05) is 6.92 Å². The summed E-state index contributed by atoms with van der Waals surface area (Å²) >= 11 is 3.53. The van der Waals surface area contributed by atoms with Gasteiger partial charge in [-0.3, -0.25) is 0 Å². The molecule has 15 heavy (non-hydrogen) atoms. The molecule has 1 aromatic heterocycles. The molecule has 0 saturated heterocycles. The van der Waals surface area contributed by atoms with Crippen molar-refractivity contribution in [2.75, 3.05) is 11.9 Å². The van der Waals surface area contributed by atoms with Gasteiger partial charge in [0.25, 0.3) is 0 Å². The first-order valence-electron chi connectivity index (χ1n) is 5.51. The van der Waals surface area contributed by atoms with Gasteiger partial charge in [0, 0.05) is 12.7 Å². The number of hydrogen-bond donors (Lipinski definition) is 1. The van der Waals surface area contributed by atoms with Crippen LogP contribution in [0, 0.1) is 12.3 Å². The molecule has 2 rings (SSSR count). The Balaban J connectivity index is 1.99. The minimum atomic E-state index is 0.562. The summed E-state index contributed by atoms with van der Waals surface area (Å²) in [6.07, 6.45) is 5.89. The fourth-order valence-electron chi connectivity index (χ4n) is 1.77. The van der Waals surface area contributed by atoms with Crippen LogP contribution in [0.4, 0.5) is 5.82 Å². The van der Waals surface area contributed by atoms with Gasteiger partial charge in [0.1, 0.15) is 5.82 Å². The van der Waals surface area contributed by atoms with Crippen molar-refractivity contribution >= 4 is 21.7 Å². The van der Waals surface area contributed by atoms with E-state index in [0.29, 0.717) is 5.41 Å². The number of nitrogens with zero attached hydrogens (tertiary/aromatic N) is 1. The van der Waals surface area contributed by atoms with Crippen molar-refractivity contribution in [3.8, 4) is 0 Å². The zero-order valence-corrected chi connectivity index (χ0v) is 10.9. The highest BCUT2D eigenvalue weighted by Gasteiger charge is 2.40. The van der Waals surface area contributed by atoms with Gasteiger partial charge in [-0.15, -0.1) is 0 Å². The normalized spacial score (nSPS) is 17.5. The zero-order valence-electron chi connectivity index (χ0n) is 9.31. The van der Waals surface area contributed by atoms with Gasteiger partial charge in [0.05, 0.1) is 4.47 Å². The Bertz CT molecular complexity index is 359. The monoisotopic (exact) mass is 268 g/mol. The number of rotatable bonds is 4. The minimum absolute atomic E-state index is 0.562. The number of aryl methyl sites for hydroxylation is 1. The molecule has 0 radical (unpaired) electrons. The third-order valence-corrected chi connectivity index (χ3v) is 3.92. The molecule has 1 aromatic rings. The second kappa shape index (κ2) is 4.12. The summed E-state index contributed by atoms with van der Waals surface area (Å²) in [5.41, 5.74) is 1.75.